The molecule has 0 aromatic carbocycles. The number of allylic oxidation sites excluding steroid dienone is 5. The lowest BCUT2D eigenvalue weighted by atomic mass is 10.0. The monoisotopic (exact) mass is 1210 g/mol. The van der Waals surface area contributed by atoms with Crippen molar-refractivity contribution in [3.63, 3.8) is 0 Å². The highest BCUT2D eigenvalue weighted by molar-refractivity contribution is 5.76. The molecular formula is C80H153NO5. The van der Waals surface area contributed by atoms with Gasteiger partial charge in [-0.3, -0.25) is 9.59 Å². The van der Waals surface area contributed by atoms with E-state index in [4.69, 9.17) is 4.74 Å². The fourth-order valence-corrected chi connectivity index (χ4v) is 12.4. The van der Waals surface area contributed by atoms with Crippen molar-refractivity contribution in [3.05, 3.63) is 36.5 Å². The average Bonchev–Trinajstić information content (AvgIpc) is 3.53. The van der Waals surface area contributed by atoms with Gasteiger partial charge in [-0.1, -0.05) is 378 Å². The lowest BCUT2D eigenvalue weighted by Crippen LogP contribution is -2.45. The Labute approximate surface area is 538 Å². The molecule has 0 bridgehead atoms. The van der Waals surface area contributed by atoms with Crippen LogP contribution in [0.3, 0.4) is 0 Å². The second-order valence-corrected chi connectivity index (χ2v) is 27.0. The third-order valence-corrected chi connectivity index (χ3v) is 18.4. The highest BCUT2D eigenvalue weighted by Crippen LogP contribution is 2.19. The Morgan fingerprint density at radius 3 is 0.826 bits per heavy atom. The maximum atomic E-state index is 12.6. The molecule has 0 fully saturated rings. The molecule has 3 N–H and O–H groups in total. The van der Waals surface area contributed by atoms with Crippen molar-refractivity contribution in [2.45, 2.75) is 450 Å². The number of nitrogens with one attached hydrogen (secondary N) is 1. The van der Waals surface area contributed by atoms with Crippen molar-refractivity contribution in [2.75, 3.05) is 13.2 Å². The Bertz CT molecular complexity index is 1390. The van der Waals surface area contributed by atoms with Gasteiger partial charge in [0.15, 0.2) is 0 Å². The summed E-state index contributed by atoms with van der Waals surface area (Å²) in [6.07, 6.45) is 98.3. The summed E-state index contributed by atoms with van der Waals surface area (Å²) in [5, 5.41) is 23.3. The van der Waals surface area contributed by atoms with E-state index < -0.39 is 12.1 Å². The largest absolute Gasteiger partial charge is 0.466 e. The SMILES string of the molecule is CCCCCCCCC/C=C\CCCCCCCC(=O)OCCCCCCCCCCCCCC/C=C\CCCCCCCCCCCCCCC(=O)NC(CO)C(O)/C=C/CCCCCCCCCCCCCCCCCCCCCCCCC. The van der Waals surface area contributed by atoms with E-state index >= 15 is 0 Å². The molecule has 0 aliphatic rings. The fraction of sp³-hybridized carbons (Fsp3) is 0.900. The molecule has 86 heavy (non-hydrogen) atoms. The Hall–Kier alpha value is -1.92. The Balaban J connectivity index is 3.40. The van der Waals surface area contributed by atoms with Gasteiger partial charge >= 0.3 is 5.97 Å². The quantitative estimate of drug-likeness (QED) is 0.0320. The van der Waals surface area contributed by atoms with Crippen LogP contribution in [0.1, 0.15) is 438 Å². The second kappa shape index (κ2) is 75.5. The zero-order chi connectivity index (χ0) is 62.0. The van der Waals surface area contributed by atoms with Gasteiger partial charge in [-0.15, -0.1) is 0 Å². The van der Waals surface area contributed by atoms with Crippen LogP contribution in [0.25, 0.3) is 0 Å². The summed E-state index contributed by atoms with van der Waals surface area (Å²) in [6, 6.07) is -0.630. The van der Waals surface area contributed by atoms with E-state index in [1.165, 1.54) is 366 Å². The molecule has 0 saturated carbocycles. The fourth-order valence-electron chi connectivity index (χ4n) is 12.4. The number of amides is 1. The molecule has 2 unspecified atom stereocenters. The van der Waals surface area contributed by atoms with Gasteiger partial charge in [0.25, 0.3) is 0 Å². The minimum atomic E-state index is -0.847. The van der Waals surface area contributed by atoms with E-state index in [-0.39, 0.29) is 18.5 Å². The van der Waals surface area contributed by atoms with Crippen LogP contribution in [0.2, 0.25) is 0 Å². The summed E-state index contributed by atoms with van der Waals surface area (Å²) in [7, 11) is 0. The van der Waals surface area contributed by atoms with Crippen molar-refractivity contribution in [3.8, 4) is 0 Å². The van der Waals surface area contributed by atoms with E-state index in [2.05, 4.69) is 43.5 Å². The normalized spacial score (nSPS) is 12.7. The lowest BCUT2D eigenvalue weighted by Gasteiger charge is -2.20. The smallest absolute Gasteiger partial charge is 0.305 e. The Morgan fingerprint density at radius 2 is 0.547 bits per heavy atom. The molecule has 6 heteroatoms. The molecule has 0 saturated heterocycles. The number of esters is 1. The number of carbonyl (C=O) groups excluding carboxylic acids is 2. The third-order valence-electron chi connectivity index (χ3n) is 18.4. The first kappa shape index (κ1) is 84.1. The van der Waals surface area contributed by atoms with Crippen LogP contribution in [-0.2, 0) is 14.3 Å². The van der Waals surface area contributed by atoms with Gasteiger partial charge in [-0.2, -0.15) is 0 Å². The molecule has 0 radical (unpaired) electrons. The molecule has 0 aromatic rings. The van der Waals surface area contributed by atoms with Gasteiger partial charge in [0.2, 0.25) is 5.91 Å². The van der Waals surface area contributed by atoms with Crippen LogP contribution >= 0.6 is 0 Å². The zero-order valence-electron chi connectivity index (χ0n) is 58.3. The summed E-state index contributed by atoms with van der Waals surface area (Å²) in [5.41, 5.74) is 0. The molecule has 0 aliphatic carbocycles. The first-order valence-electron chi connectivity index (χ1n) is 39.3. The number of hydrogen-bond donors (Lipinski definition) is 3. The highest BCUT2D eigenvalue weighted by atomic mass is 16.5. The van der Waals surface area contributed by atoms with Gasteiger partial charge in [0, 0.05) is 12.8 Å². The molecule has 0 spiro atoms. The summed E-state index contributed by atoms with van der Waals surface area (Å²) in [4.78, 5) is 24.6. The first-order valence-corrected chi connectivity index (χ1v) is 39.3. The first-order chi connectivity index (χ1) is 42.5. The van der Waals surface area contributed by atoms with Crippen molar-refractivity contribution in [1.29, 1.82) is 0 Å². The molecule has 0 rings (SSSR count). The van der Waals surface area contributed by atoms with Gasteiger partial charge in [-0.25, -0.2) is 0 Å². The maximum absolute atomic E-state index is 12.6. The molecule has 0 aliphatic heterocycles. The van der Waals surface area contributed by atoms with Crippen molar-refractivity contribution < 1.29 is 24.5 Å². The second-order valence-electron chi connectivity index (χ2n) is 27.0. The predicted molar refractivity (Wildman–Crippen MR) is 379 cm³/mol. The van der Waals surface area contributed by atoms with Gasteiger partial charge < -0.3 is 20.3 Å². The summed E-state index contributed by atoms with van der Waals surface area (Å²) >= 11 is 0. The van der Waals surface area contributed by atoms with Crippen molar-refractivity contribution in [1.82, 2.24) is 5.32 Å². The molecule has 6 nitrogen and oxygen atoms in total. The van der Waals surface area contributed by atoms with Gasteiger partial charge in [0.1, 0.15) is 0 Å². The summed E-state index contributed by atoms with van der Waals surface area (Å²) in [5.74, 6) is -0.0542. The van der Waals surface area contributed by atoms with Crippen LogP contribution in [0.4, 0.5) is 0 Å². The third kappa shape index (κ3) is 71.2. The molecule has 2 atom stereocenters. The zero-order valence-corrected chi connectivity index (χ0v) is 58.3. The standard InChI is InChI=1S/C80H153NO5/c1-3-5-7-9-11-13-15-17-19-21-22-23-24-29-32-35-38-41-44-48-52-56-60-64-68-72-78(83)77(76-82)81-79(84)73-69-65-61-57-53-49-45-42-39-36-33-30-27-25-26-28-31-34-37-40-43-47-51-55-59-63-67-71-75-86-80(85)74-70-66-62-58-54-50-46-20-18-16-14-12-10-8-6-4-2/h20,25-26,46,68,72,77-78,82-83H,3-19,21-24,27-45,47-67,69-71,73-76H2,1-2H3,(H,81,84)/b26-25-,46-20-,72-68+. The number of unbranched alkanes of at least 4 members (excludes halogenated alkanes) is 59. The van der Waals surface area contributed by atoms with E-state index in [0.717, 1.165) is 44.9 Å². The number of rotatable bonds is 74. The molecule has 0 aromatic heterocycles. The average molecular weight is 1210 g/mol. The van der Waals surface area contributed by atoms with Gasteiger partial charge in [0.05, 0.1) is 25.4 Å². The molecule has 508 valence electrons. The van der Waals surface area contributed by atoms with Gasteiger partial charge in [-0.05, 0) is 83.5 Å². The molecule has 0 heterocycles. The van der Waals surface area contributed by atoms with E-state index in [9.17, 15) is 19.8 Å². The lowest BCUT2D eigenvalue weighted by molar-refractivity contribution is -0.143. The minimum Gasteiger partial charge on any atom is -0.466 e. The van der Waals surface area contributed by atoms with E-state index in [0.29, 0.717) is 19.4 Å². The topological polar surface area (TPSA) is 95.9 Å². The Kier molecular flexibility index (Phi) is 73.9. The minimum absolute atomic E-state index is 0.00890. The number of aliphatic hydroxyl groups is 2. The highest BCUT2D eigenvalue weighted by Gasteiger charge is 2.18. The molecule has 1 amide bonds. The van der Waals surface area contributed by atoms with Crippen LogP contribution in [0, 0.1) is 0 Å². The van der Waals surface area contributed by atoms with E-state index in [1.807, 2.05) is 6.08 Å². The predicted octanol–water partition coefficient (Wildman–Crippen LogP) is 25.8. The molecular weight excluding hydrogens is 1050 g/mol. The van der Waals surface area contributed by atoms with Crippen LogP contribution in [0.15, 0.2) is 36.5 Å². The maximum Gasteiger partial charge on any atom is 0.305 e. The summed E-state index contributed by atoms with van der Waals surface area (Å²) < 4.78 is 5.50. The van der Waals surface area contributed by atoms with Crippen LogP contribution in [-0.4, -0.2) is 47.4 Å². The van der Waals surface area contributed by atoms with Crippen LogP contribution in [0.5, 0.6) is 0 Å². The number of ether oxygens (including phenoxy) is 1. The summed E-state index contributed by atoms with van der Waals surface area (Å²) in [6.45, 7) is 4.94. The van der Waals surface area contributed by atoms with Crippen LogP contribution < -0.4 is 5.32 Å². The van der Waals surface area contributed by atoms with Crippen molar-refractivity contribution in [2.24, 2.45) is 0 Å². The van der Waals surface area contributed by atoms with E-state index in [1.54, 1.807) is 6.08 Å². The van der Waals surface area contributed by atoms with Crippen molar-refractivity contribution >= 4 is 11.9 Å². The number of carbonyl (C=O) groups is 2. The number of aliphatic hydroxyl groups excluding tert-OH is 2. The number of hydrogen-bond acceptors (Lipinski definition) is 5. The Morgan fingerprint density at radius 1 is 0.314 bits per heavy atom.